The molecule has 0 spiro atoms. The van der Waals surface area contributed by atoms with E-state index in [0.717, 1.165) is 42.7 Å². The topological polar surface area (TPSA) is 44.0 Å². The van der Waals surface area contributed by atoms with Gasteiger partial charge in [-0.15, -0.1) is 0 Å². The summed E-state index contributed by atoms with van der Waals surface area (Å²) in [6, 6.07) is 6.66. The van der Waals surface area contributed by atoms with Crippen LogP contribution in [0.4, 0.5) is 0 Å². The molecule has 0 saturated heterocycles. The van der Waals surface area contributed by atoms with Gasteiger partial charge in [0.05, 0.1) is 17.6 Å². The standard InChI is InChI=1S/C19H27NO/c1-5-16-6-8-19(12-20,9-7-16)18(21)17-11-14(3)13(2)10-15(17)4/h10-11,16,18,21H,5-9H2,1-4H3. The predicted octanol–water partition coefficient (Wildman–Crippen LogP) is 4.76. The molecule has 1 aromatic carbocycles. The van der Waals surface area contributed by atoms with Crippen molar-refractivity contribution in [1.82, 2.24) is 0 Å². The molecule has 1 aliphatic carbocycles. The number of hydrogen-bond acceptors (Lipinski definition) is 2. The molecule has 0 bridgehead atoms. The lowest BCUT2D eigenvalue weighted by Gasteiger charge is -2.38. The zero-order valence-corrected chi connectivity index (χ0v) is 13.7. The van der Waals surface area contributed by atoms with Crippen LogP contribution in [0.1, 0.15) is 67.4 Å². The highest BCUT2D eigenvalue weighted by atomic mass is 16.3. The van der Waals surface area contributed by atoms with E-state index >= 15 is 0 Å². The van der Waals surface area contributed by atoms with Gasteiger partial charge < -0.3 is 5.11 Å². The highest BCUT2D eigenvalue weighted by Gasteiger charge is 2.42. The third-order valence-electron chi connectivity index (χ3n) is 5.50. The van der Waals surface area contributed by atoms with E-state index in [1.807, 2.05) is 6.92 Å². The summed E-state index contributed by atoms with van der Waals surface area (Å²) in [4.78, 5) is 0. The molecule has 1 aromatic rings. The van der Waals surface area contributed by atoms with Crippen molar-refractivity contribution in [3.8, 4) is 6.07 Å². The molecule has 1 aliphatic rings. The average molecular weight is 285 g/mol. The SMILES string of the molecule is CCC1CCC(C#N)(C(O)c2cc(C)c(C)cc2C)CC1. The van der Waals surface area contributed by atoms with Crippen LogP contribution in [0.5, 0.6) is 0 Å². The molecule has 2 nitrogen and oxygen atoms in total. The van der Waals surface area contributed by atoms with Gasteiger partial charge in [0, 0.05) is 0 Å². The van der Waals surface area contributed by atoms with Crippen LogP contribution in [-0.2, 0) is 0 Å². The maximum Gasteiger partial charge on any atom is 0.0978 e. The van der Waals surface area contributed by atoms with Gasteiger partial charge in [0.2, 0.25) is 0 Å². The number of aryl methyl sites for hydroxylation is 3. The van der Waals surface area contributed by atoms with Crippen molar-refractivity contribution in [2.24, 2.45) is 11.3 Å². The molecule has 1 atom stereocenters. The number of nitrogens with zero attached hydrogens (tertiary/aromatic N) is 1. The first-order valence-electron chi connectivity index (χ1n) is 8.10. The molecule has 0 radical (unpaired) electrons. The van der Waals surface area contributed by atoms with Crippen molar-refractivity contribution in [2.45, 2.75) is 65.9 Å². The van der Waals surface area contributed by atoms with Gasteiger partial charge in [-0.3, -0.25) is 0 Å². The first kappa shape index (κ1) is 16.0. The third-order valence-corrected chi connectivity index (χ3v) is 5.50. The van der Waals surface area contributed by atoms with Crippen LogP contribution in [0.15, 0.2) is 12.1 Å². The van der Waals surface area contributed by atoms with Crippen LogP contribution in [-0.4, -0.2) is 5.11 Å². The van der Waals surface area contributed by atoms with E-state index in [0.29, 0.717) is 0 Å². The summed E-state index contributed by atoms with van der Waals surface area (Å²) in [5, 5.41) is 20.7. The Morgan fingerprint density at radius 2 is 1.76 bits per heavy atom. The molecule has 0 amide bonds. The number of aliphatic hydroxyl groups is 1. The quantitative estimate of drug-likeness (QED) is 0.870. The summed E-state index contributed by atoms with van der Waals surface area (Å²) in [7, 11) is 0. The van der Waals surface area contributed by atoms with Gasteiger partial charge in [-0.25, -0.2) is 0 Å². The normalized spacial score (nSPS) is 27.1. The molecule has 0 heterocycles. The van der Waals surface area contributed by atoms with E-state index in [4.69, 9.17) is 0 Å². The Morgan fingerprint density at radius 3 is 2.29 bits per heavy atom. The minimum atomic E-state index is -0.667. The van der Waals surface area contributed by atoms with E-state index in [1.165, 1.54) is 17.5 Å². The molecule has 2 heteroatoms. The van der Waals surface area contributed by atoms with E-state index in [1.54, 1.807) is 0 Å². The van der Waals surface area contributed by atoms with Crippen LogP contribution in [0.25, 0.3) is 0 Å². The van der Waals surface area contributed by atoms with Gasteiger partial charge in [0.1, 0.15) is 0 Å². The number of nitriles is 1. The van der Waals surface area contributed by atoms with Crippen LogP contribution >= 0.6 is 0 Å². The van der Waals surface area contributed by atoms with Crippen LogP contribution in [0.3, 0.4) is 0 Å². The lowest BCUT2D eigenvalue weighted by atomic mass is 9.66. The zero-order chi connectivity index (χ0) is 15.6. The molecule has 114 valence electrons. The Hall–Kier alpha value is -1.33. The molecule has 21 heavy (non-hydrogen) atoms. The Morgan fingerprint density at radius 1 is 1.19 bits per heavy atom. The van der Waals surface area contributed by atoms with Crippen LogP contribution in [0, 0.1) is 43.4 Å². The molecule has 0 aromatic heterocycles. The maximum atomic E-state index is 10.9. The fraction of sp³-hybridized carbons (Fsp3) is 0.632. The van der Waals surface area contributed by atoms with E-state index in [-0.39, 0.29) is 0 Å². The smallest absolute Gasteiger partial charge is 0.0978 e. The monoisotopic (exact) mass is 285 g/mol. The highest BCUT2D eigenvalue weighted by molar-refractivity contribution is 5.39. The summed E-state index contributed by atoms with van der Waals surface area (Å²) in [6.45, 7) is 8.41. The third kappa shape index (κ3) is 2.99. The maximum absolute atomic E-state index is 10.9. The predicted molar refractivity (Wildman–Crippen MR) is 85.9 cm³/mol. The molecule has 2 rings (SSSR count). The minimum Gasteiger partial charge on any atom is -0.387 e. The van der Waals surface area contributed by atoms with E-state index in [9.17, 15) is 10.4 Å². The van der Waals surface area contributed by atoms with Crippen molar-refractivity contribution in [3.05, 3.63) is 34.4 Å². The van der Waals surface area contributed by atoms with Crippen molar-refractivity contribution in [1.29, 1.82) is 5.26 Å². The van der Waals surface area contributed by atoms with Gasteiger partial charge in [-0.1, -0.05) is 25.5 Å². The molecule has 1 N–H and O–H groups in total. The average Bonchev–Trinajstić information content (AvgIpc) is 2.50. The van der Waals surface area contributed by atoms with Crippen molar-refractivity contribution < 1.29 is 5.11 Å². The Labute approximate surface area is 128 Å². The van der Waals surface area contributed by atoms with Gasteiger partial charge >= 0.3 is 0 Å². The second-order valence-corrected chi connectivity index (χ2v) is 6.82. The summed E-state index contributed by atoms with van der Waals surface area (Å²) in [6.07, 6.45) is 4.26. The molecular formula is C19H27NO. The van der Waals surface area contributed by atoms with E-state index < -0.39 is 11.5 Å². The van der Waals surface area contributed by atoms with Gasteiger partial charge in [0.25, 0.3) is 0 Å². The van der Waals surface area contributed by atoms with Crippen molar-refractivity contribution >= 4 is 0 Å². The Bertz CT molecular complexity index is 547. The van der Waals surface area contributed by atoms with Gasteiger partial charge in [-0.05, 0) is 74.6 Å². The number of aliphatic hydroxyl groups excluding tert-OH is 1. The van der Waals surface area contributed by atoms with E-state index in [2.05, 4.69) is 39.0 Å². The lowest BCUT2D eigenvalue weighted by molar-refractivity contribution is 0.0238. The van der Waals surface area contributed by atoms with Crippen LogP contribution < -0.4 is 0 Å². The second-order valence-electron chi connectivity index (χ2n) is 6.82. The lowest BCUT2D eigenvalue weighted by Crippen LogP contribution is -2.33. The number of rotatable bonds is 3. The van der Waals surface area contributed by atoms with Gasteiger partial charge in [0.15, 0.2) is 0 Å². The highest BCUT2D eigenvalue weighted by Crippen LogP contribution is 2.48. The summed E-state index contributed by atoms with van der Waals surface area (Å²) in [5.41, 5.74) is 3.86. The summed E-state index contributed by atoms with van der Waals surface area (Å²) in [5.74, 6) is 0.722. The fourth-order valence-corrected chi connectivity index (χ4v) is 3.62. The van der Waals surface area contributed by atoms with Crippen LogP contribution in [0.2, 0.25) is 0 Å². The molecule has 0 aliphatic heterocycles. The second kappa shape index (κ2) is 6.20. The van der Waals surface area contributed by atoms with Crippen molar-refractivity contribution in [3.63, 3.8) is 0 Å². The summed E-state index contributed by atoms with van der Waals surface area (Å²) >= 11 is 0. The Balaban J connectivity index is 2.32. The molecular weight excluding hydrogens is 258 g/mol. The van der Waals surface area contributed by atoms with Crippen molar-refractivity contribution in [2.75, 3.05) is 0 Å². The minimum absolute atomic E-state index is 0.599. The first-order chi connectivity index (χ1) is 9.93. The zero-order valence-electron chi connectivity index (χ0n) is 13.7. The fourth-order valence-electron chi connectivity index (χ4n) is 3.62. The summed E-state index contributed by atoms with van der Waals surface area (Å²) < 4.78 is 0. The number of hydrogen-bond donors (Lipinski definition) is 1. The molecule has 1 fully saturated rings. The largest absolute Gasteiger partial charge is 0.387 e. The molecule has 1 saturated carbocycles. The van der Waals surface area contributed by atoms with Gasteiger partial charge in [-0.2, -0.15) is 5.26 Å². The molecule has 1 unspecified atom stereocenters. The number of benzene rings is 1. The Kier molecular flexibility index (Phi) is 4.74. The first-order valence-corrected chi connectivity index (χ1v) is 8.10.